The first-order chi connectivity index (χ1) is 20.3. The van der Waals surface area contributed by atoms with Gasteiger partial charge in [0.05, 0.1) is 41.9 Å². The Morgan fingerprint density at radius 3 is 2.64 bits per heavy atom. The lowest BCUT2D eigenvalue weighted by atomic mass is 10.0. The number of likely N-dealkylation sites (tertiary alicyclic amines) is 1. The molecule has 2 fully saturated rings. The van der Waals surface area contributed by atoms with Gasteiger partial charge in [0.25, 0.3) is 0 Å². The van der Waals surface area contributed by atoms with Gasteiger partial charge < -0.3 is 19.1 Å². The summed E-state index contributed by atoms with van der Waals surface area (Å²) in [5.41, 5.74) is 1.26. The number of rotatable bonds is 9. The Balaban J connectivity index is 1.18. The second-order valence-corrected chi connectivity index (χ2v) is 10.5. The van der Waals surface area contributed by atoms with E-state index >= 15 is 0 Å². The number of aromatic carboxylic acids is 1. The molecule has 42 heavy (non-hydrogen) atoms. The smallest absolute Gasteiger partial charge is 0.335 e. The van der Waals surface area contributed by atoms with Gasteiger partial charge in [-0.3, -0.25) is 9.88 Å². The van der Waals surface area contributed by atoms with Crippen LogP contribution in [0.2, 0.25) is 0 Å². The minimum absolute atomic E-state index is 0.0147. The zero-order chi connectivity index (χ0) is 29.4. The summed E-state index contributed by atoms with van der Waals surface area (Å²) in [6.07, 6.45) is 1.55. The third-order valence-corrected chi connectivity index (χ3v) is 7.73. The zero-order valence-electron chi connectivity index (χ0n) is 22.4. The number of carboxylic acids is 1. The lowest BCUT2D eigenvalue weighted by molar-refractivity contribution is -0.0591. The molecule has 0 amide bonds. The molecule has 2 aromatic heterocycles. The second-order valence-electron chi connectivity index (χ2n) is 10.5. The van der Waals surface area contributed by atoms with Gasteiger partial charge in [0.2, 0.25) is 0 Å². The average molecular weight is 578 g/mol. The number of carboxylic acid groups (broad SMARTS) is 1. The number of pyridine rings is 1. The van der Waals surface area contributed by atoms with Crippen LogP contribution in [-0.4, -0.2) is 56.3 Å². The maximum absolute atomic E-state index is 14.9. The van der Waals surface area contributed by atoms with E-state index in [1.807, 2.05) is 10.6 Å². The van der Waals surface area contributed by atoms with Gasteiger partial charge in [-0.1, -0.05) is 0 Å². The Kier molecular flexibility index (Phi) is 7.53. The number of carbonyl (C=O) groups is 1. The molecule has 1 N–H and O–H groups in total. The first kappa shape index (κ1) is 27.7. The number of aromatic nitrogens is 3. The highest BCUT2D eigenvalue weighted by molar-refractivity contribution is 5.92. The van der Waals surface area contributed by atoms with E-state index in [1.165, 1.54) is 24.3 Å². The summed E-state index contributed by atoms with van der Waals surface area (Å²) < 4.78 is 56.5. The lowest BCUT2D eigenvalue weighted by Crippen LogP contribution is -2.32. The molecule has 216 valence electrons. The molecule has 0 aliphatic carbocycles. The van der Waals surface area contributed by atoms with Gasteiger partial charge in [-0.25, -0.2) is 22.9 Å². The van der Waals surface area contributed by atoms with Crippen LogP contribution in [0.5, 0.6) is 5.75 Å². The maximum atomic E-state index is 14.9. The van der Waals surface area contributed by atoms with Crippen LogP contribution in [0.25, 0.3) is 11.0 Å². The molecule has 4 aromatic rings. The summed E-state index contributed by atoms with van der Waals surface area (Å²) in [6, 6.07) is 11.0. The zero-order valence-corrected chi connectivity index (χ0v) is 22.4. The van der Waals surface area contributed by atoms with Gasteiger partial charge in [0.1, 0.15) is 29.5 Å². The molecule has 0 bridgehead atoms. The highest BCUT2D eigenvalue weighted by Gasteiger charge is 2.29. The van der Waals surface area contributed by atoms with Crippen molar-refractivity contribution in [3.63, 3.8) is 0 Å². The number of fused-ring (bicyclic) bond motifs is 1. The predicted octanol–water partition coefficient (Wildman–Crippen LogP) is 4.78. The van der Waals surface area contributed by atoms with Crippen molar-refractivity contribution < 1.29 is 32.5 Å². The fourth-order valence-electron chi connectivity index (χ4n) is 5.39. The molecule has 4 heterocycles. The van der Waals surface area contributed by atoms with E-state index in [4.69, 9.17) is 14.7 Å². The van der Waals surface area contributed by atoms with Gasteiger partial charge in [0.15, 0.2) is 17.4 Å². The number of halogens is 3. The van der Waals surface area contributed by atoms with Crippen molar-refractivity contribution in [3.8, 4) is 11.8 Å². The van der Waals surface area contributed by atoms with Crippen molar-refractivity contribution in [2.45, 2.75) is 44.6 Å². The van der Waals surface area contributed by atoms with E-state index in [2.05, 4.69) is 14.9 Å². The van der Waals surface area contributed by atoms with Crippen LogP contribution in [0.4, 0.5) is 13.2 Å². The number of hydrogen-bond acceptors (Lipinski definition) is 7. The van der Waals surface area contributed by atoms with Crippen molar-refractivity contribution in [3.05, 3.63) is 88.3 Å². The Bertz CT molecular complexity index is 1720. The van der Waals surface area contributed by atoms with Crippen molar-refractivity contribution >= 4 is 17.0 Å². The molecule has 0 spiro atoms. The highest BCUT2D eigenvalue weighted by atomic mass is 19.1. The molecular formula is C30H26F3N5O4. The van der Waals surface area contributed by atoms with Gasteiger partial charge in [0, 0.05) is 24.8 Å². The number of ether oxygens (including phenoxy) is 2. The molecule has 0 saturated carbocycles. The summed E-state index contributed by atoms with van der Waals surface area (Å²) in [5.74, 6) is -2.71. The van der Waals surface area contributed by atoms with Crippen LogP contribution < -0.4 is 4.74 Å². The number of hydrogen-bond donors (Lipinski definition) is 1. The van der Waals surface area contributed by atoms with E-state index in [-0.39, 0.29) is 46.7 Å². The summed E-state index contributed by atoms with van der Waals surface area (Å²) in [5, 5.41) is 18.3. The third kappa shape index (κ3) is 5.53. The topological polar surface area (TPSA) is 114 Å². The number of nitriles is 1. The van der Waals surface area contributed by atoms with E-state index in [9.17, 15) is 23.1 Å². The Morgan fingerprint density at radius 2 is 1.93 bits per heavy atom. The Morgan fingerprint density at radius 1 is 1.10 bits per heavy atom. The van der Waals surface area contributed by atoms with Crippen LogP contribution in [0.15, 0.2) is 42.5 Å². The van der Waals surface area contributed by atoms with Crippen molar-refractivity contribution in [2.75, 3.05) is 19.7 Å². The van der Waals surface area contributed by atoms with Gasteiger partial charge in [-0.15, -0.1) is 0 Å². The van der Waals surface area contributed by atoms with Crippen LogP contribution >= 0.6 is 0 Å². The highest BCUT2D eigenvalue weighted by Crippen LogP contribution is 2.30. The van der Waals surface area contributed by atoms with Gasteiger partial charge >= 0.3 is 5.97 Å². The SMILES string of the molecule is N#Cc1ccc(OCc2nc([C@@H]3CCN(Cc4nc5c(F)cc(C(=O)O)cc5n4C[C@@H]4CCO4)C3)ccc2F)c(F)c1. The fourth-order valence-corrected chi connectivity index (χ4v) is 5.39. The first-order valence-corrected chi connectivity index (χ1v) is 13.5. The van der Waals surface area contributed by atoms with Crippen molar-refractivity contribution in [1.82, 2.24) is 19.4 Å². The third-order valence-electron chi connectivity index (χ3n) is 7.73. The molecule has 0 radical (unpaired) electrons. The van der Waals surface area contributed by atoms with E-state index in [1.54, 1.807) is 6.07 Å². The molecule has 2 saturated heterocycles. The van der Waals surface area contributed by atoms with Gasteiger partial charge in [-0.05, 0) is 61.9 Å². The predicted molar refractivity (Wildman–Crippen MR) is 143 cm³/mol. The first-order valence-electron chi connectivity index (χ1n) is 13.5. The molecule has 12 heteroatoms. The Labute approximate surface area is 238 Å². The van der Waals surface area contributed by atoms with Crippen LogP contribution in [-0.2, 0) is 24.4 Å². The number of nitrogens with zero attached hydrogens (tertiary/aromatic N) is 5. The van der Waals surface area contributed by atoms with Crippen LogP contribution in [0, 0.1) is 28.8 Å². The lowest BCUT2D eigenvalue weighted by Gasteiger charge is -2.28. The summed E-state index contributed by atoms with van der Waals surface area (Å²) >= 11 is 0. The molecule has 6 rings (SSSR count). The normalized spacial score (nSPS) is 18.6. The second kappa shape index (κ2) is 11.4. The monoisotopic (exact) mass is 577 g/mol. The molecule has 9 nitrogen and oxygen atoms in total. The quantitative estimate of drug-likeness (QED) is 0.303. The van der Waals surface area contributed by atoms with E-state index in [0.29, 0.717) is 49.8 Å². The molecule has 2 atom stereocenters. The summed E-state index contributed by atoms with van der Waals surface area (Å²) in [6.45, 7) is 2.49. The van der Waals surface area contributed by atoms with Crippen molar-refractivity contribution in [1.29, 1.82) is 5.26 Å². The van der Waals surface area contributed by atoms with E-state index < -0.39 is 23.4 Å². The number of imidazole rings is 1. The largest absolute Gasteiger partial charge is 0.484 e. The average Bonchev–Trinajstić information content (AvgIpc) is 3.55. The minimum atomic E-state index is -1.22. The van der Waals surface area contributed by atoms with Crippen LogP contribution in [0.3, 0.4) is 0 Å². The fraction of sp³-hybridized carbons (Fsp3) is 0.333. The molecule has 0 unspecified atom stereocenters. The molecule has 2 aromatic carbocycles. The Hall–Kier alpha value is -4.47. The molecule has 2 aliphatic rings. The molecular weight excluding hydrogens is 551 g/mol. The summed E-state index contributed by atoms with van der Waals surface area (Å²) in [4.78, 5) is 22.7. The number of benzene rings is 2. The molecule has 2 aliphatic heterocycles. The standard InChI is InChI=1S/C30H26F3N5O4/c31-21-2-3-24(35-25(21)16-42-27-4-1-17(12-34)9-22(27)32)18-5-7-37(13-18)15-28-36-29-23(33)10-19(30(39)40)11-26(29)38(28)14-20-6-8-41-20/h1-4,9-11,18,20H,5-8,13-16H2,(H,39,40)/t18-,20+/m1/s1. The van der Waals surface area contributed by atoms with Crippen LogP contribution in [0.1, 0.15) is 51.9 Å². The summed E-state index contributed by atoms with van der Waals surface area (Å²) in [7, 11) is 0. The van der Waals surface area contributed by atoms with Gasteiger partial charge in [-0.2, -0.15) is 5.26 Å². The van der Waals surface area contributed by atoms with E-state index in [0.717, 1.165) is 25.0 Å². The minimum Gasteiger partial charge on any atom is -0.484 e. The maximum Gasteiger partial charge on any atom is 0.335 e. The van der Waals surface area contributed by atoms with Crippen molar-refractivity contribution in [2.24, 2.45) is 0 Å².